The fraction of sp³-hybridized carbons (Fsp3) is 0.833. The molecule has 0 aromatic carbocycles. The van der Waals surface area contributed by atoms with E-state index in [0.29, 0.717) is 5.91 Å². The highest BCUT2D eigenvalue weighted by Crippen LogP contribution is 2.10. The highest BCUT2D eigenvalue weighted by atomic mass is 16.4. The first-order valence-corrected chi connectivity index (χ1v) is 6.05. The minimum atomic E-state index is -0.833. The van der Waals surface area contributed by atoms with Crippen LogP contribution in [0.5, 0.6) is 0 Å². The molecule has 4 heteroatoms. The van der Waals surface area contributed by atoms with E-state index < -0.39 is 5.97 Å². The fourth-order valence-electron chi connectivity index (χ4n) is 1.65. The first-order chi connectivity index (χ1) is 7.57. The number of rotatable bonds is 4. The maximum Gasteiger partial charge on any atom is 0.300 e. The third-order valence-electron chi connectivity index (χ3n) is 2.45. The minimum Gasteiger partial charge on any atom is -0.481 e. The van der Waals surface area contributed by atoms with Gasteiger partial charge in [0.05, 0.1) is 0 Å². The quantitative estimate of drug-likeness (QED) is 0.752. The van der Waals surface area contributed by atoms with Crippen LogP contribution in [-0.2, 0) is 9.59 Å². The summed E-state index contributed by atoms with van der Waals surface area (Å²) < 4.78 is 0. The summed E-state index contributed by atoms with van der Waals surface area (Å²) in [6.07, 6.45) is 6.66. The lowest BCUT2D eigenvalue weighted by molar-refractivity contribution is -0.134. The van der Waals surface area contributed by atoms with E-state index in [-0.39, 0.29) is 0 Å². The van der Waals surface area contributed by atoms with Crippen LogP contribution in [0.15, 0.2) is 0 Å². The molecule has 0 unspecified atom stereocenters. The Hall–Kier alpha value is -1.06. The van der Waals surface area contributed by atoms with E-state index in [9.17, 15) is 4.79 Å². The summed E-state index contributed by atoms with van der Waals surface area (Å²) in [5.41, 5.74) is 0. The van der Waals surface area contributed by atoms with Gasteiger partial charge in [0.15, 0.2) is 0 Å². The average Bonchev–Trinajstić information content (AvgIpc) is 2.69. The number of carboxylic acid groups (broad SMARTS) is 1. The summed E-state index contributed by atoms with van der Waals surface area (Å²) in [5, 5.41) is 7.42. The van der Waals surface area contributed by atoms with Crippen molar-refractivity contribution >= 4 is 11.9 Å². The highest BCUT2D eigenvalue weighted by molar-refractivity contribution is 5.76. The van der Waals surface area contributed by atoms with Crippen LogP contribution in [0.1, 0.15) is 52.4 Å². The number of amides is 1. The van der Waals surface area contributed by atoms with Gasteiger partial charge in [-0.2, -0.15) is 0 Å². The van der Waals surface area contributed by atoms with Gasteiger partial charge in [0, 0.05) is 26.4 Å². The number of nitrogens with zero attached hydrogens (tertiary/aromatic N) is 1. The fourth-order valence-corrected chi connectivity index (χ4v) is 1.65. The summed E-state index contributed by atoms with van der Waals surface area (Å²) in [7, 11) is 0. The predicted molar refractivity (Wildman–Crippen MR) is 63.3 cm³/mol. The van der Waals surface area contributed by atoms with Crippen LogP contribution in [-0.4, -0.2) is 35.0 Å². The van der Waals surface area contributed by atoms with Crippen LogP contribution in [0.2, 0.25) is 0 Å². The van der Waals surface area contributed by atoms with Crippen LogP contribution in [0.25, 0.3) is 0 Å². The lowest BCUT2D eigenvalue weighted by atomic mass is 10.2. The number of carbonyl (C=O) groups excluding carboxylic acids is 1. The van der Waals surface area contributed by atoms with E-state index in [2.05, 4.69) is 6.92 Å². The monoisotopic (exact) mass is 229 g/mol. The Balaban J connectivity index is 0.000000487. The first kappa shape index (κ1) is 14.9. The molecule has 0 aliphatic carbocycles. The number of aliphatic carboxylic acids is 1. The van der Waals surface area contributed by atoms with Crippen LogP contribution < -0.4 is 0 Å². The average molecular weight is 229 g/mol. The second-order valence-corrected chi connectivity index (χ2v) is 4.06. The third kappa shape index (κ3) is 8.26. The molecule has 94 valence electrons. The van der Waals surface area contributed by atoms with Crippen LogP contribution in [0.3, 0.4) is 0 Å². The molecule has 1 saturated heterocycles. The summed E-state index contributed by atoms with van der Waals surface area (Å²) in [6, 6.07) is 0. The smallest absolute Gasteiger partial charge is 0.300 e. The molecule has 4 nitrogen and oxygen atoms in total. The van der Waals surface area contributed by atoms with Gasteiger partial charge in [-0.1, -0.05) is 19.8 Å². The van der Waals surface area contributed by atoms with Crippen molar-refractivity contribution in [1.29, 1.82) is 0 Å². The predicted octanol–water partition coefficient (Wildman–Crippen LogP) is 2.28. The van der Waals surface area contributed by atoms with Crippen molar-refractivity contribution in [2.24, 2.45) is 0 Å². The molecule has 1 amide bonds. The van der Waals surface area contributed by atoms with Crippen molar-refractivity contribution in [2.75, 3.05) is 13.1 Å². The highest BCUT2D eigenvalue weighted by Gasteiger charge is 2.16. The van der Waals surface area contributed by atoms with E-state index in [4.69, 9.17) is 9.90 Å². The van der Waals surface area contributed by atoms with Gasteiger partial charge in [0.2, 0.25) is 5.91 Å². The maximum atomic E-state index is 11.4. The second-order valence-electron chi connectivity index (χ2n) is 4.06. The van der Waals surface area contributed by atoms with E-state index in [1.165, 1.54) is 25.7 Å². The molecule has 16 heavy (non-hydrogen) atoms. The molecule has 0 atom stereocenters. The van der Waals surface area contributed by atoms with Gasteiger partial charge >= 0.3 is 0 Å². The van der Waals surface area contributed by atoms with Gasteiger partial charge in [0.25, 0.3) is 5.97 Å². The minimum absolute atomic E-state index is 0.376. The number of carboxylic acids is 1. The van der Waals surface area contributed by atoms with Crippen molar-refractivity contribution in [2.45, 2.75) is 52.4 Å². The van der Waals surface area contributed by atoms with E-state index in [1.54, 1.807) is 0 Å². The molecule has 1 rings (SSSR count). The van der Waals surface area contributed by atoms with Gasteiger partial charge in [-0.05, 0) is 19.3 Å². The topological polar surface area (TPSA) is 57.6 Å². The largest absolute Gasteiger partial charge is 0.481 e. The SMILES string of the molecule is CC(=O)O.CCCCCC(=O)N1CCCC1. The molecule has 0 radical (unpaired) electrons. The zero-order valence-electron chi connectivity index (χ0n) is 10.4. The Kier molecular flexibility index (Phi) is 8.58. The maximum absolute atomic E-state index is 11.4. The molecule has 0 saturated carbocycles. The summed E-state index contributed by atoms with van der Waals surface area (Å²) in [6.45, 7) is 5.26. The van der Waals surface area contributed by atoms with Crippen molar-refractivity contribution in [3.63, 3.8) is 0 Å². The summed E-state index contributed by atoms with van der Waals surface area (Å²) in [5.74, 6) is -0.457. The van der Waals surface area contributed by atoms with Crippen molar-refractivity contribution < 1.29 is 14.7 Å². The molecule has 0 bridgehead atoms. The molecule has 0 aromatic heterocycles. The van der Waals surface area contributed by atoms with E-state index in [1.807, 2.05) is 4.90 Å². The molecule has 1 N–H and O–H groups in total. The Morgan fingerprint density at radius 2 is 1.69 bits per heavy atom. The van der Waals surface area contributed by atoms with E-state index >= 15 is 0 Å². The molecule has 1 heterocycles. The van der Waals surface area contributed by atoms with Gasteiger partial charge in [-0.25, -0.2) is 0 Å². The van der Waals surface area contributed by atoms with Crippen molar-refractivity contribution in [3.8, 4) is 0 Å². The Labute approximate surface area is 97.6 Å². The molecule has 0 spiro atoms. The molecular formula is C12H23NO3. The zero-order valence-corrected chi connectivity index (χ0v) is 10.4. The van der Waals surface area contributed by atoms with Gasteiger partial charge in [-0.3, -0.25) is 9.59 Å². The number of likely N-dealkylation sites (tertiary alicyclic amines) is 1. The number of hydrogen-bond donors (Lipinski definition) is 1. The van der Waals surface area contributed by atoms with Crippen molar-refractivity contribution in [1.82, 2.24) is 4.90 Å². The molecular weight excluding hydrogens is 206 g/mol. The Morgan fingerprint density at radius 3 is 2.12 bits per heavy atom. The van der Waals surface area contributed by atoms with Crippen LogP contribution in [0.4, 0.5) is 0 Å². The van der Waals surface area contributed by atoms with Crippen LogP contribution in [0, 0.1) is 0 Å². The zero-order chi connectivity index (χ0) is 12.4. The molecule has 1 aliphatic heterocycles. The summed E-state index contributed by atoms with van der Waals surface area (Å²) >= 11 is 0. The lowest BCUT2D eigenvalue weighted by Crippen LogP contribution is -2.27. The van der Waals surface area contributed by atoms with E-state index in [0.717, 1.165) is 32.9 Å². The first-order valence-electron chi connectivity index (χ1n) is 6.05. The second kappa shape index (κ2) is 9.19. The third-order valence-corrected chi connectivity index (χ3v) is 2.45. The standard InChI is InChI=1S/C10H19NO.C2H4O2/c1-2-3-4-7-10(12)11-8-5-6-9-11;1-2(3)4/h2-9H2,1H3;1H3,(H,3,4). The van der Waals surface area contributed by atoms with Crippen LogP contribution >= 0.6 is 0 Å². The molecule has 1 fully saturated rings. The Bertz CT molecular complexity index is 206. The summed E-state index contributed by atoms with van der Waals surface area (Å²) in [4.78, 5) is 22.5. The van der Waals surface area contributed by atoms with Gasteiger partial charge in [0.1, 0.15) is 0 Å². The Morgan fingerprint density at radius 1 is 1.19 bits per heavy atom. The normalized spacial score (nSPS) is 14.2. The van der Waals surface area contributed by atoms with Gasteiger partial charge < -0.3 is 10.0 Å². The molecule has 0 aromatic rings. The number of hydrogen-bond acceptors (Lipinski definition) is 2. The lowest BCUT2D eigenvalue weighted by Gasteiger charge is -2.14. The van der Waals surface area contributed by atoms with Gasteiger partial charge in [-0.15, -0.1) is 0 Å². The molecule has 1 aliphatic rings. The van der Waals surface area contributed by atoms with Crippen molar-refractivity contribution in [3.05, 3.63) is 0 Å². The number of carbonyl (C=O) groups is 2. The number of unbranched alkanes of at least 4 members (excludes halogenated alkanes) is 2.